The molecule has 7 heteroatoms. The van der Waals surface area contributed by atoms with Crippen LogP contribution < -0.4 is 4.90 Å². The van der Waals surface area contributed by atoms with E-state index in [1.807, 2.05) is 6.33 Å². The van der Waals surface area contributed by atoms with E-state index in [2.05, 4.69) is 33.3 Å². The van der Waals surface area contributed by atoms with Gasteiger partial charge in [-0.3, -0.25) is 0 Å². The van der Waals surface area contributed by atoms with Crippen molar-refractivity contribution in [3.63, 3.8) is 0 Å². The average molecular weight is 400 g/mol. The van der Waals surface area contributed by atoms with Crippen LogP contribution in [-0.4, -0.2) is 55.5 Å². The van der Waals surface area contributed by atoms with Gasteiger partial charge in [-0.1, -0.05) is 33.1 Å². The topological polar surface area (TPSA) is 87.3 Å². The highest BCUT2D eigenvalue weighted by Crippen LogP contribution is 2.53. The van der Waals surface area contributed by atoms with Gasteiger partial charge in [0.25, 0.3) is 0 Å². The lowest BCUT2D eigenvalue weighted by atomic mass is 9.60. The molecule has 2 aliphatic carbocycles. The molecule has 0 aromatic carbocycles. The van der Waals surface area contributed by atoms with Gasteiger partial charge in [0.2, 0.25) is 0 Å². The second kappa shape index (κ2) is 6.91. The van der Waals surface area contributed by atoms with Crippen LogP contribution in [0, 0.1) is 16.7 Å². The van der Waals surface area contributed by atoms with Crippen LogP contribution >= 0.6 is 0 Å². The summed E-state index contributed by atoms with van der Waals surface area (Å²) in [6.45, 7) is 5.80. The van der Waals surface area contributed by atoms with Gasteiger partial charge in [-0.05, 0) is 31.6 Å². The van der Waals surface area contributed by atoms with Gasteiger partial charge in [0.1, 0.15) is 6.33 Å². The standard InChI is InChI=1S/C22H33N5O2/c1-15(2)18-22(6-4-3-5-7-22)10-26(18)19-17-20(24-13-23-19)27(14-25-17)16-8-21(9-16,11-28)12-29/h13-16,18,28-29H,3-12H2,1-2H3. The lowest BCUT2D eigenvalue weighted by Gasteiger charge is -2.61. The minimum absolute atomic E-state index is 0.0266. The number of hydrogen-bond acceptors (Lipinski definition) is 6. The summed E-state index contributed by atoms with van der Waals surface area (Å²) in [4.78, 5) is 16.4. The van der Waals surface area contributed by atoms with Crippen LogP contribution in [0.3, 0.4) is 0 Å². The van der Waals surface area contributed by atoms with Crippen LogP contribution in [0.25, 0.3) is 11.2 Å². The maximum Gasteiger partial charge on any atom is 0.165 e. The third kappa shape index (κ3) is 2.81. The predicted molar refractivity (Wildman–Crippen MR) is 112 cm³/mol. The smallest absolute Gasteiger partial charge is 0.165 e. The molecule has 1 aliphatic heterocycles. The minimum Gasteiger partial charge on any atom is -0.396 e. The van der Waals surface area contributed by atoms with Crippen molar-refractivity contribution in [3.8, 4) is 0 Å². The van der Waals surface area contributed by atoms with E-state index >= 15 is 0 Å². The molecule has 2 N–H and O–H groups in total. The quantitative estimate of drug-likeness (QED) is 0.804. The zero-order valence-corrected chi connectivity index (χ0v) is 17.6. The first kappa shape index (κ1) is 19.2. The molecule has 158 valence electrons. The van der Waals surface area contributed by atoms with Crippen LogP contribution in [-0.2, 0) is 0 Å². The Morgan fingerprint density at radius 3 is 2.45 bits per heavy atom. The number of aliphatic hydroxyl groups is 2. The zero-order chi connectivity index (χ0) is 20.2. The largest absolute Gasteiger partial charge is 0.396 e. The summed E-state index contributed by atoms with van der Waals surface area (Å²) in [6, 6.07) is 0.746. The molecule has 0 bridgehead atoms. The first-order chi connectivity index (χ1) is 14.0. The molecule has 29 heavy (non-hydrogen) atoms. The van der Waals surface area contributed by atoms with E-state index in [1.54, 1.807) is 6.33 Å². The normalized spacial score (nSPS) is 26.1. The van der Waals surface area contributed by atoms with E-state index in [-0.39, 0.29) is 24.7 Å². The Kier molecular flexibility index (Phi) is 4.59. The lowest BCUT2D eigenvalue weighted by molar-refractivity contribution is -0.0421. The van der Waals surface area contributed by atoms with Gasteiger partial charge in [-0.2, -0.15) is 0 Å². The average Bonchev–Trinajstić information content (AvgIpc) is 3.11. The second-order valence-electron chi connectivity index (χ2n) is 10.1. The molecule has 1 saturated heterocycles. The maximum absolute atomic E-state index is 9.61. The molecule has 3 heterocycles. The maximum atomic E-state index is 9.61. The van der Waals surface area contributed by atoms with Gasteiger partial charge in [-0.15, -0.1) is 0 Å². The highest BCUT2D eigenvalue weighted by atomic mass is 16.3. The molecule has 2 saturated carbocycles. The van der Waals surface area contributed by atoms with E-state index in [0.29, 0.717) is 17.4 Å². The molecule has 5 rings (SSSR count). The SMILES string of the molecule is CC(C)C1N(c2ncnc3c2ncn3C2CC(CO)(CO)C2)CC12CCCCC2. The minimum atomic E-state index is -0.356. The molecule has 3 aliphatic rings. The highest BCUT2D eigenvalue weighted by molar-refractivity contribution is 5.84. The van der Waals surface area contributed by atoms with Crippen molar-refractivity contribution >= 4 is 17.0 Å². The van der Waals surface area contributed by atoms with E-state index in [4.69, 9.17) is 4.98 Å². The number of hydrogen-bond donors (Lipinski definition) is 2. The summed E-state index contributed by atoms with van der Waals surface area (Å²) in [5.74, 6) is 1.55. The Labute approximate surface area is 172 Å². The Balaban J connectivity index is 1.44. The van der Waals surface area contributed by atoms with Crippen molar-refractivity contribution in [1.82, 2.24) is 19.5 Å². The molecule has 1 spiro atoms. The molecule has 1 unspecified atom stereocenters. The van der Waals surface area contributed by atoms with Crippen molar-refractivity contribution in [2.45, 2.75) is 70.9 Å². The molecular weight excluding hydrogens is 366 g/mol. The summed E-state index contributed by atoms with van der Waals surface area (Å²) in [5, 5.41) is 19.2. The molecule has 0 amide bonds. The molecule has 2 aromatic rings. The number of aromatic nitrogens is 4. The van der Waals surface area contributed by atoms with Crippen LogP contribution in [0.1, 0.15) is 64.8 Å². The van der Waals surface area contributed by atoms with Crippen molar-refractivity contribution in [2.75, 3.05) is 24.7 Å². The summed E-state index contributed by atoms with van der Waals surface area (Å²) < 4.78 is 2.12. The van der Waals surface area contributed by atoms with Gasteiger partial charge in [0, 0.05) is 29.5 Å². The third-order valence-electron chi connectivity index (χ3n) is 7.94. The summed E-state index contributed by atoms with van der Waals surface area (Å²) >= 11 is 0. The summed E-state index contributed by atoms with van der Waals surface area (Å²) in [5.41, 5.74) is 1.85. The van der Waals surface area contributed by atoms with Crippen molar-refractivity contribution in [2.24, 2.45) is 16.7 Å². The first-order valence-corrected chi connectivity index (χ1v) is 11.2. The molecule has 0 radical (unpaired) electrons. The second-order valence-corrected chi connectivity index (χ2v) is 10.1. The van der Waals surface area contributed by atoms with Crippen molar-refractivity contribution in [1.29, 1.82) is 0 Å². The van der Waals surface area contributed by atoms with Gasteiger partial charge >= 0.3 is 0 Å². The van der Waals surface area contributed by atoms with Crippen LogP contribution in [0.4, 0.5) is 5.82 Å². The Morgan fingerprint density at radius 1 is 1.07 bits per heavy atom. The first-order valence-electron chi connectivity index (χ1n) is 11.2. The molecule has 1 atom stereocenters. The van der Waals surface area contributed by atoms with Gasteiger partial charge in [0.15, 0.2) is 17.0 Å². The third-order valence-corrected chi connectivity index (χ3v) is 7.94. The van der Waals surface area contributed by atoms with Crippen molar-refractivity contribution < 1.29 is 10.2 Å². The van der Waals surface area contributed by atoms with Gasteiger partial charge < -0.3 is 19.7 Å². The number of fused-ring (bicyclic) bond motifs is 1. The summed E-state index contributed by atoms with van der Waals surface area (Å²) in [7, 11) is 0. The van der Waals surface area contributed by atoms with Gasteiger partial charge in [-0.25, -0.2) is 15.0 Å². The monoisotopic (exact) mass is 399 g/mol. The highest BCUT2D eigenvalue weighted by Gasteiger charge is 2.54. The zero-order valence-electron chi connectivity index (χ0n) is 17.6. The molecule has 2 aromatic heterocycles. The molecular formula is C22H33N5O2. The van der Waals surface area contributed by atoms with E-state index in [0.717, 1.165) is 36.4 Å². The van der Waals surface area contributed by atoms with Crippen LogP contribution in [0.2, 0.25) is 0 Å². The van der Waals surface area contributed by atoms with E-state index < -0.39 is 0 Å². The number of rotatable bonds is 5. The van der Waals surface area contributed by atoms with E-state index in [9.17, 15) is 10.2 Å². The lowest BCUT2D eigenvalue weighted by Crippen LogP contribution is -2.67. The number of anilines is 1. The fourth-order valence-corrected chi connectivity index (χ4v) is 6.49. The van der Waals surface area contributed by atoms with Crippen LogP contribution in [0.5, 0.6) is 0 Å². The number of imidazole rings is 1. The number of nitrogens with zero attached hydrogens (tertiary/aromatic N) is 5. The number of aliphatic hydroxyl groups excluding tert-OH is 2. The Bertz CT molecular complexity index is 876. The Morgan fingerprint density at radius 2 is 1.79 bits per heavy atom. The fourth-order valence-electron chi connectivity index (χ4n) is 6.49. The van der Waals surface area contributed by atoms with E-state index in [1.165, 1.54) is 32.1 Å². The Hall–Kier alpha value is -1.73. The van der Waals surface area contributed by atoms with Gasteiger partial charge in [0.05, 0.1) is 19.5 Å². The summed E-state index contributed by atoms with van der Waals surface area (Å²) in [6.07, 6.45) is 11.8. The predicted octanol–water partition coefficient (Wildman–Crippen LogP) is 2.93. The van der Waals surface area contributed by atoms with Crippen LogP contribution in [0.15, 0.2) is 12.7 Å². The molecule has 7 nitrogen and oxygen atoms in total. The fraction of sp³-hybridized carbons (Fsp3) is 0.773. The molecule has 3 fully saturated rings. The van der Waals surface area contributed by atoms with Crippen molar-refractivity contribution in [3.05, 3.63) is 12.7 Å².